The minimum atomic E-state index is -0.747. The van der Waals surface area contributed by atoms with Gasteiger partial charge < -0.3 is 5.11 Å². The van der Waals surface area contributed by atoms with Crippen LogP contribution < -0.4 is 15.3 Å². The maximum atomic E-state index is 13.1. The number of benzene rings is 3. The second-order valence-corrected chi connectivity index (χ2v) is 8.28. The summed E-state index contributed by atoms with van der Waals surface area (Å²) in [5.74, 6) is -1.07. The Balaban J connectivity index is 1.68. The molecule has 4 aromatic rings. The summed E-state index contributed by atoms with van der Waals surface area (Å²) in [6.07, 6.45) is 1.48. The van der Waals surface area contributed by atoms with Crippen molar-refractivity contribution in [2.24, 2.45) is 10.1 Å². The first-order valence-electron chi connectivity index (χ1n) is 10.8. The van der Waals surface area contributed by atoms with Crippen molar-refractivity contribution in [1.82, 2.24) is 10.0 Å². The number of aliphatic imine (C=N–C) groups is 1. The number of nitrogens with one attached hydrogen (secondary N) is 1. The van der Waals surface area contributed by atoms with Gasteiger partial charge in [0.15, 0.2) is 6.54 Å². The lowest BCUT2D eigenvalue weighted by molar-refractivity contribution is -0.745. The topological polar surface area (TPSA) is 107 Å². The van der Waals surface area contributed by atoms with Gasteiger partial charge in [-0.3, -0.25) is 9.79 Å². The largest absolute Gasteiger partial charge is 0.856 e. The Hall–Kier alpha value is -4.30. The fourth-order valence-corrected chi connectivity index (χ4v) is 3.42. The molecule has 0 aliphatic rings. The average Bonchev–Trinajstić information content (AvgIpc) is 3.17. The van der Waals surface area contributed by atoms with Crippen LogP contribution >= 0.6 is 11.6 Å². The summed E-state index contributed by atoms with van der Waals surface area (Å²) >= 11 is 5.91. The van der Waals surface area contributed by atoms with Crippen LogP contribution in [0.3, 0.4) is 0 Å². The highest BCUT2D eigenvalue weighted by Crippen LogP contribution is 2.10. The Labute approximate surface area is 206 Å². The minimum absolute atomic E-state index is 0.0993. The number of halogens is 1. The molecule has 0 fully saturated rings. The highest BCUT2D eigenvalue weighted by molar-refractivity contribution is 6.30. The van der Waals surface area contributed by atoms with Crippen LogP contribution in [0.25, 0.3) is 0 Å². The fraction of sp³-hybridized carbons (Fsp3) is 0.115. The van der Waals surface area contributed by atoms with Crippen molar-refractivity contribution in [1.29, 1.82) is 0 Å². The number of carbonyl (C=O) groups is 1. The van der Waals surface area contributed by atoms with E-state index in [0.29, 0.717) is 10.6 Å². The first-order chi connectivity index (χ1) is 16.9. The Morgan fingerprint density at radius 1 is 1.06 bits per heavy atom. The molecule has 0 aliphatic carbocycles. The molecule has 1 aromatic heterocycles. The summed E-state index contributed by atoms with van der Waals surface area (Å²) in [5.41, 5.74) is 2.06. The molecule has 0 aliphatic heterocycles. The van der Waals surface area contributed by atoms with Gasteiger partial charge in [-0.1, -0.05) is 82.1 Å². The molecule has 0 saturated heterocycles. The number of rotatable bonds is 8. The van der Waals surface area contributed by atoms with Gasteiger partial charge in [-0.25, -0.2) is 4.79 Å². The number of hydrogen-bond donors (Lipinski definition) is 1. The van der Waals surface area contributed by atoms with Gasteiger partial charge in [-0.2, -0.15) is 0 Å². The molecule has 176 valence electrons. The van der Waals surface area contributed by atoms with E-state index in [1.54, 1.807) is 24.3 Å². The standard InChI is InChI=1S/C26H22ClN5O3/c1-18-7-9-20(10-8-18)16-29-32-26(35)24(25(34)28-15-19-5-3-2-4-6-19)31(30-32)17-23(33)21-11-13-22(27)14-12-21/h2-14,16H,15,17H2,1H3,(H-,28,30,34,35)/b29-16+. The van der Waals surface area contributed by atoms with Gasteiger partial charge in [-0.15, -0.1) is 4.68 Å². The molecule has 8 nitrogen and oxygen atoms in total. The predicted octanol–water partition coefficient (Wildman–Crippen LogP) is 2.50. The van der Waals surface area contributed by atoms with Gasteiger partial charge in [-0.05, 0) is 42.3 Å². The SMILES string of the molecule is Cc1ccc(/C=N/n2[nH][n+](CC(=O)c3ccc(Cl)cc3)c(C([O-])=NCc3ccccc3)c2=O)cc1. The van der Waals surface area contributed by atoms with E-state index >= 15 is 0 Å². The molecule has 4 rings (SSSR count). The Morgan fingerprint density at radius 2 is 1.74 bits per heavy atom. The van der Waals surface area contributed by atoms with Crippen molar-refractivity contribution >= 4 is 29.5 Å². The van der Waals surface area contributed by atoms with Crippen LogP contribution in [-0.4, -0.2) is 27.9 Å². The lowest BCUT2D eigenvalue weighted by Gasteiger charge is -2.07. The molecule has 0 spiro atoms. The second kappa shape index (κ2) is 10.8. The molecular formula is C26H22ClN5O3. The molecule has 0 amide bonds. The number of ketones is 1. The van der Waals surface area contributed by atoms with Crippen LogP contribution in [0.5, 0.6) is 0 Å². The third-order valence-corrected chi connectivity index (χ3v) is 5.45. The van der Waals surface area contributed by atoms with Crippen LogP contribution in [0.15, 0.2) is 93.8 Å². The number of nitrogens with zero attached hydrogens (tertiary/aromatic N) is 4. The molecular weight excluding hydrogens is 466 g/mol. The van der Waals surface area contributed by atoms with Crippen LogP contribution in [0.1, 0.15) is 32.7 Å². The van der Waals surface area contributed by atoms with E-state index in [4.69, 9.17) is 11.6 Å². The molecule has 0 unspecified atom stereocenters. The monoisotopic (exact) mass is 487 g/mol. The summed E-state index contributed by atoms with van der Waals surface area (Å²) in [6, 6.07) is 23.1. The highest BCUT2D eigenvalue weighted by Gasteiger charge is 2.24. The first kappa shape index (κ1) is 23.8. The van der Waals surface area contributed by atoms with E-state index in [2.05, 4.69) is 15.3 Å². The molecule has 1 heterocycles. The van der Waals surface area contributed by atoms with Gasteiger partial charge in [0.2, 0.25) is 5.78 Å². The van der Waals surface area contributed by atoms with E-state index < -0.39 is 11.5 Å². The quantitative estimate of drug-likeness (QED) is 0.178. The van der Waals surface area contributed by atoms with Crippen molar-refractivity contribution in [3.63, 3.8) is 0 Å². The number of aryl methyl sites for hydroxylation is 1. The van der Waals surface area contributed by atoms with Crippen LogP contribution in [0.2, 0.25) is 5.02 Å². The Kier molecular flexibility index (Phi) is 7.32. The van der Waals surface area contributed by atoms with Gasteiger partial charge >= 0.3 is 5.56 Å². The number of aromatic nitrogens is 3. The maximum Gasteiger partial charge on any atom is 0.427 e. The molecule has 0 atom stereocenters. The third-order valence-electron chi connectivity index (χ3n) is 5.20. The van der Waals surface area contributed by atoms with E-state index in [9.17, 15) is 14.7 Å². The summed E-state index contributed by atoms with van der Waals surface area (Å²) in [6.45, 7) is 1.78. The second-order valence-electron chi connectivity index (χ2n) is 7.84. The van der Waals surface area contributed by atoms with Crippen molar-refractivity contribution in [2.75, 3.05) is 0 Å². The maximum absolute atomic E-state index is 13.1. The minimum Gasteiger partial charge on any atom is -0.856 e. The van der Waals surface area contributed by atoms with Gasteiger partial charge in [0.25, 0.3) is 5.69 Å². The summed E-state index contributed by atoms with van der Waals surface area (Å²) in [7, 11) is 0. The Morgan fingerprint density at radius 3 is 2.43 bits per heavy atom. The summed E-state index contributed by atoms with van der Waals surface area (Å²) in [4.78, 5) is 30.9. The van der Waals surface area contributed by atoms with Crippen molar-refractivity contribution in [3.05, 3.63) is 122 Å². The van der Waals surface area contributed by atoms with Crippen LogP contribution in [0, 0.1) is 6.92 Å². The van der Waals surface area contributed by atoms with Gasteiger partial charge in [0, 0.05) is 21.3 Å². The smallest absolute Gasteiger partial charge is 0.427 e. The molecule has 0 bridgehead atoms. The van der Waals surface area contributed by atoms with E-state index in [1.807, 2.05) is 61.5 Å². The molecule has 35 heavy (non-hydrogen) atoms. The molecule has 0 saturated carbocycles. The van der Waals surface area contributed by atoms with Crippen LogP contribution in [0.4, 0.5) is 0 Å². The van der Waals surface area contributed by atoms with Crippen molar-refractivity contribution in [2.45, 2.75) is 20.0 Å². The number of aromatic amines is 1. The number of H-pyrrole nitrogens is 1. The molecule has 0 radical (unpaired) electrons. The fourth-order valence-electron chi connectivity index (χ4n) is 3.29. The number of hydrogen-bond acceptors (Lipinski definition) is 5. The third kappa shape index (κ3) is 5.99. The highest BCUT2D eigenvalue weighted by atomic mass is 35.5. The zero-order chi connectivity index (χ0) is 24.8. The first-order valence-corrected chi connectivity index (χ1v) is 11.2. The summed E-state index contributed by atoms with van der Waals surface area (Å²) in [5, 5.41) is 20.3. The van der Waals surface area contributed by atoms with Gasteiger partial charge in [0.05, 0.1) is 12.8 Å². The predicted molar refractivity (Wildman–Crippen MR) is 132 cm³/mol. The normalized spacial score (nSPS) is 11.8. The number of carbonyl (C=O) groups excluding carboxylic acids is 1. The molecule has 9 heteroatoms. The lowest BCUT2D eigenvalue weighted by atomic mass is 10.1. The van der Waals surface area contributed by atoms with E-state index in [0.717, 1.165) is 21.5 Å². The van der Waals surface area contributed by atoms with Crippen molar-refractivity contribution in [3.8, 4) is 0 Å². The number of Topliss-reactive ketones (excluding diaryl/α,β-unsaturated/α-hetero) is 1. The van der Waals surface area contributed by atoms with E-state index in [-0.39, 0.29) is 24.6 Å². The lowest BCUT2D eigenvalue weighted by Crippen LogP contribution is -2.49. The zero-order valence-electron chi connectivity index (χ0n) is 18.9. The van der Waals surface area contributed by atoms with Gasteiger partial charge in [0.1, 0.15) is 0 Å². The zero-order valence-corrected chi connectivity index (χ0v) is 19.6. The van der Waals surface area contributed by atoms with E-state index in [1.165, 1.54) is 10.9 Å². The molecule has 3 aromatic carbocycles. The average molecular weight is 488 g/mol. The molecule has 1 N–H and O–H groups in total. The summed E-state index contributed by atoms with van der Waals surface area (Å²) < 4.78 is 1.17. The van der Waals surface area contributed by atoms with Crippen molar-refractivity contribution < 1.29 is 14.6 Å². The van der Waals surface area contributed by atoms with Crippen LogP contribution in [-0.2, 0) is 13.1 Å². The Bertz CT molecular complexity index is 1440.